The first-order chi connectivity index (χ1) is 30.3. The van der Waals surface area contributed by atoms with Crippen molar-refractivity contribution in [1.29, 1.82) is 0 Å². The number of benzene rings is 6. The Hall–Kier alpha value is -6.60. The monoisotopic (exact) mass is 916 g/mol. The average Bonchev–Trinajstić information content (AvgIpc) is 4.05. The van der Waals surface area contributed by atoms with E-state index in [4.69, 9.17) is 26.8 Å². The molecule has 2 aromatic heterocycles. The third-order valence-electron chi connectivity index (χ3n) is 12.5. The second-order valence-corrected chi connectivity index (χ2v) is 17.2. The molecule has 64 heavy (non-hydrogen) atoms. The van der Waals surface area contributed by atoms with Crippen LogP contribution in [0.2, 0.25) is 0 Å². The predicted molar refractivity (Wildman–Crippen MR) is 253 cm³/mol. The van der Waals surface area contributed by atoms with Gasteiger partial charge in [-0.05, 0) is 118 Å². The Morgan fingerprint density at radius 3 is 1.52 bits per heavy atom. The third kappa shape index (κ3) is 8.69. The standard InChI is InChI=1S/C26H21NO3.C20H16BrNO3.C6H5B.2H2O/c28-25(26(10-11-26)19-7-9-23-24(14-19)30-16-29-23)13-17-6-8-22-20(12-17)21(15-27-22)18-4-2-1-3-5-18;21-15-10-22-16-3-1-12(7-14(15)16)8-19(23)20(5-6-20)13-2-4-17-18(9-13)25-11-24-17;7-6-4-2-1-3-5-6;;/h1-9,12,14-15,27H,10-11,13,16H2;1-4,7,9-10,22H,5-6,8,11H2;1-5H;2*1H2. The van der Waals surface area contributed by atoms with E-state index in [0.29, 0.717) is 12.8 Å². The largest absolute Gasteiger partial charge is 0.454 e. The molecule has 4 aliphatic rings. The van der Waals surface area contributed by atoms with Gasteiger partial charge < -0.3 is 39.9 Å². The number of ketones is 2. The molecule has 2 aliphatic carbocycles. The van der Waals surface area contributed by atoms with Gasteiger partial charge in [0.25, 0.3) is 0 Å². The summed E-state index contributed by atoms with van der Waals surface area (Å²) >= 11 is 3.54. The molecule has 2 fully saturated rings. The number of fused-ring (bicyclic) bond motifs is 4. The topological polar surface area (TPSA) is 166 Å². The van der Waals surface area contributed by atoms with Gasteiger partial charge >= 0.3 is 0 Å². The Balaban J connectivity index is 0.000000150. The molecular weight excluding hydrogens is 871 g/mol. The molecule has 322 valence electrons. The highest BCUT2D eigenvalue weighted by Crippen LogP contribution is 2.53. The van der Waals surface area contributed by atoms with Gasteiger partial charge in [0.15, 0.2) is 23.0 Å². The van der Waals surface area contributed by atoms with Gasteiger partial charge in [-0.15, -0.1) is 0 Å². The molecule has 4 heterocycles. The van der Waals surface area contributed by atoms with E-state index in [1.165, 1.54) is 5.56 Å². The van der Waals surface area contributed by atoms with Crippen molar-refractivity contribution in [3.63, 3.8) is 0 Å². The van der Waals surface area contributed by atoms with Crippen LogP contribution in [0.5, 0.6) is 23.0 Å². The zero-order valence-corrected chi connectivity index (χ0v) is 36.5. The maximum absolute atomic E-state index is 13.3. The van der Waals surface area contributed by atoms with E-state index >= 15 is 0 Å². The van der Waals surface area contributed by atoms with Gasteiger partial charge in [-0.25, -0.2) is 0 Å². The number of Topliss-reactive ketones (excluding diaryl/α,β-unsaturated/α-hetero) is 2. The maximum Gasteiger partial charge on any atom is 0.231 e. The molecule has 0 atom stereocenters. The summed E-state index contributed by atoms with van der Waals surface area (Å²) < 4.78 is 22.8. The highest BCUT2D eigenvalue weighted by molar-refractivity contribution is 9.10. The second-order valence-electron chi connectivity index (χ2n) is 16.4. The smallest absolute Gasteiger partial charge is 0.231 e. The third-order valence-corrected chi connectivity index (χ3v) is 13.1. The lowest BCUT2D eigenvalue weighted by Gasteiger charge is -2.15. The molecule has 2 aliphatic heterocycles. The lowest BCUT2D eigenvalue weighted by atomic mass is 9.87. The Morgan fingerprint density at radius 2 is 1.02 bits per heavy atom. The van der Waals surface area contributed by atoms with Crippen LogP contribution in [0.3, 0.4) is 0 Å². The van der Waals surface area contributed by atoms with E-state index in [1.54, 1.807) is 0 Å². The molecule has 0 amide bonds. The highest BCUT2D eigenvalue weighted by atomic mass is 79.9. The van der Waals surface area contributed by atoms with Crippen molar-refractivity contribution >= 4 is 62.6 Å². The Labute approximate surface area is 380 Å². The van der Waals surface area contributed by atoms with E-state index in [2.05, 4.69) is 62.3 Å². The number of ether oxygens (including phenoxy) is 4. The number of H-pyrrole nitrogens is 2. The molecule has 12 heteroatoms. The minimum atomic E-state index is -0.379. The van der Waals surface area contributed by atoms with Crippen LogP contribution in [0.15, 0.2) is 150 Å². The molecular formula is C52H46BBrN2O8. The predicted octanol–water partition coefficient (Wildman–Crippen LogP) is 8.74. The Bertz CT molecular complexity index is 2960. The van der Waals surface area contributed by atoms with Crippen LogP contribution in [-0.2, 0) is 33.3 Å². The fourth-order valence-electron chi connectivity index (χ4n) is 8.64. The molecule has 0 bridgehead atoms. The van der Waals surface area contributed by atoms with Gasteiger partial charge in [0, 0.05) is 57.1 Å². The normalized spacial score (nSPS) is 15.1. The Kier molecular flexibility index (Phi) is 12.6. The first kappa shape index (κ1) is 44.0. The molecule has 2 saturated carbocycles. The summed E-state index contributed by atoms with van der Waals surface area (Å²) in [7, 11) is 5.36. The van der Waals surface area contributed by atoms with Crippen molar-refractivity contribution < 1.29 is 39.5 Å². The minimum absolute atomic E-state index is 0. The maximum atomic E-state index is 13.3. The van der Waals surface area contributed by atoms with Crippen LogP contribution in [-0.4, -0.2) is 53.9 Å². The summed E-state index contributed by atoms with van der Waals surface area (Å²) in [6.07, 6.45) is 8.45. The van der Waals surface area contributed by atoms with Gasteiger partial charge in [-0.3, -0.25) is 9.59 Å². The summed E-state index contributed by atoms with van der Waals surface area (Å²) in [5, 5.41) is 2.26. The van der Waals surface area contributed by atoms with Crippen LogP contribution in [0.25, 0.3) is 32.9 Å². The molecule has 0 saturated heterocycles. The van der Waals surface area contributed by atoms with Gasteiger partial charge in [0.1, 0.15) is 19.4 Å². The van der Waals surface area contributed by atoms with Crippen molar-refractivity contribution in [2.24, 2.45) is 0 Å². The number of hydrogen-bond donors (Lipinski definition) is 2. The SMILES string of the molecule is O.O.O=C(Cc1ccc2[nH]cc(-c3ccccc3)c2c1)C1(c2ccc3c(c2)OCO3)CC1.O=C(Cc1ccc2[nH]cc(Br)c2c1)C1(c2ccc3c(c2)OCO3)CC1.[B]c1ccccc1. The minimum Gasteiger partial charge on any atom is -0.454 e. The molecule has 12 rings (SSSR count). The molecule has 10 nitrogen and oxygen atoms in total. The zero-order valence-electron chi connectivity index (χ0n) is 34.9. The first-order valence-electron chi connectivity index (χ1n) is 20.9. The molecule has 0 spiro atoms. The molecule has 8 aromatic rings. The van der Waals surface area contributed by atoms with Gasteiger partial charge in [0.05, 0.1) is 10.8 Å². The number of aromatic nitrogens is 2. The zero-order chi connectivity index (χ0) is 42.3. The molecule has 0 unspecified atom stereocenters. The van der Waals surface area contributed by atoms with Crippen LogP contribution < -0.4 is 24.4 Å². The number of nitrogens with one attached hydrogen (secondary N) is 2. The number of carbonyl (C=O) groups is 2. The van der Waals surface area contributed by atoms with Crippen molar-refractivity contribution in [1.82, 2.24) is 9.97 Å². The van der Waals surface area contributed by atoms with E-state index < -0.39 is 0 Å². The summed E-state index contributed by atoms with van der Waals surface area (Å²) in [6.45, 7) is 0.505. The summed E-state index contributed by atoms with van der Waals surface area (Å²) in [5.74, 6) is 3.56. The summed E-state index contributed by atoms with van der Waals surface area (Å²) in [4.78, 5) is 33.0. The second kappa shape index (κ2) is 18.2. The Morgan fingerprint density at radius 1 is 0.547 bits per heavy atom. The van der Waals surface area contributed by atoms with Crippen molar-refractivity contribution in [2.75, 3.05) is 13.6 Å². The van der Waals surface area contributed by atoms with E-state index in [-0.39, 0.29) is 46.9 Å². The summed E-state index contributed by atoms with van der Waals surface area (Å²) in [6, 6.07) is 44.1. The average molecular weight is 918 g/mol. The van der Waals surface area contributed by atoms with Crippen molar-refractivity contribution in [3.05, 3.63) is 173 Å². The van der Waals surface area contributed by atoms with Gasteiger partial charge in [0.2, 0.25) is 13.6 Å². The van der Waals surface area contributed by atoms with E-state index in [9.17, 15) is 9.59 Å². The summed E-state index contributed by atoms with van der Waals surface area (Å²) in [5.41, 5.74) is 8.77. The van der Waals surface area contributed by atoms with Crippen LogP contribution >= 0.6 is 15.9 Å². The number of carbonyl (C=O) groups excluding carboxylic acids is 2. The van der Waals surface area contributed by atoms with Crippen molar-refractivity contribution in [2.45, 2.75) is 49.4 Å². The number of rotatable bonds is 9. The molecule has 2 radical (unpaired) electrons. The first-order valence-corrected chi connectivity index (χ1v) is 21.7. The van der Waals surface area contributed by atoms with Crippen LogP contribution in [0.1, 0.15) is 47.9 Å². The highest BCUT2D eigenvalue weighted by Gasteiger charge is 2.51. The van der Waals surface area contributed by atoms with Gasteiger partial charge in [-0.1, -0.05) is 90.4 Å². The van der Waals surface area contributed by atoms with E-state index in [0.717, 1.165) is 108 Å². The quantitative estimate of drug-likeness (QED) is 0.138. The van der Waals surface area contributed by atoms with Crippen LogP contribution in [0.4, 0.5) is 0 Å². The number of aromatic amines is 2. The van der Waals surface area contributed by atoms with Crippen molar-refractivity contribution in [3.8, 4) is 34.1 Å². The molecule has 6 aromatic carbocycles. The fourth-order valence-corrected chi connectivity index (χ4v) is 9.08. The number of hydrogen-bond acceptors (Lipinski definition) is 6. The lowest BCUT2D eigenvalue weighted by Crippen LogP contribution is -2.22. The van der Waals surface area contributed by atoms with Gasteiger partial charge in [-0.2, -0.15) is 0 Å². The van der Waals surface area contributed by atoms with Crippen LogP contribution in [0, 0.1) is 0 Å². The van der Waals surface area contributed by atoms with E-state index in [1.807, 2.05) is 109 Å². The fraction of sp³-hybridized carbons (Fsp3) is 0.192. The lowest BCUT2D eigenvalue weighted by molar-refractivity contribution is -0.121. The molecule has 6 N–H and O–H groups in total. The number of halogens is 1.